The third kappa shape index (κ3) is 2.43. The first-order chi connectivity index (χ1) is 7.99. The molecular formula is C12H12FNO3. The molecule has 1 aromatic carbocycles. The summed E-state index contributed by atoms with van der Waals surface area (Å²) in [4.78, 5) is 22.3. The Morgan fingerprint density at radius 3 is 2.71 bits per heavy atom. The molecular weight excluding hydrogens is 225 g/mol. The molecule has 5 heteroatoms. The van der Waals surface area contributed by atoms with Gasteiger partial charge in [-0.3, -0.25) is 9.59 Å². The van der Waals surface area contributed by atoms with Crippen molar-refractivity contribution in [2.45, 2.75) is 13.3 Å². The molecule has 2 rings (SSSR count). The largest absolute Gasteiger partial charge is 0.481 e. The topological polar surface area (TPSA) is 66.4 Å². The third-order valence-electron chi connectivity index (χ3n) is 2.90. The maximum atomic E-state index is 13.0. The first kappa shape index (κ1) is 11.6. The van der Waals surface area contributed by atoms with Gasteiger partial charge < -0.3 is 10.4 Å². The van der Waals surface area contributed by atoms with Crippen molar-refractivity contribution in [1.29, 1.82) is 0 Å². The number of anilines is 1. The predicted molar refractivity (Wildman–Crippen MR) is 59.0 cm³/mol. The second-order valence-corrected chi connectivity index (χ2v) is 4.24. The number of amides is 1. The van der Waals surface area contributed by atoms with Crippen LogP contribution in [0.5, 0.6) is 0 Å². The summed E-state index contributed by atoms with van der Waals surface area (Å²) >= 11 is 0. The minimum atomic E-state index is -0.957. The zero-order valence-corrected chi connectivity index (χ0v) is 9.24. The Morgan fingerprint density at radius 2 is 2.12 bits per heavy atom. The lowest BCUT2D eigenvalue weighted by Crippen LogP contribution is -2.17. The standard InChI is InChI=1S/C12H12FNO3/c1-6-2-3-7(13)4-10(6)14-11(15)8-5-9(8)12(16)17/h2-4,8-9H,5H2,1H3,(H,14,15)(H,16,17)/t8-,9+/m1/s1. The lowest BCUT2D eigenvalue weighted by Gasteiger charge is -2.07. The zero-order chi connectivity index (χ0) is 12.6. The van der Waals surface area contributed by atoms with Gasteiger partial charge in [-0.25, -0.2) is 4.39 Å². The van der Waals surface area contributed by atoms with Crippen LogP contribution in [0.2, 0.25) is 0 Å². The van der Waals surface area contributed by atoms with Crippen molar-refractivity contribution in [2.75, 3.05) is 5.32 Å². The van der Waals surface area contributed by atoms with Crippen LogP contribution in [0, 0.1) is 24.6 Å². The van der Waals surface area contributed by atoms with Gasteiger partial charge >= 0.3 is 5.97 Å². The molecule has 0 aliphatic heterocycles. The monoisotopic (exact) mass is 237 g/mol. The summed E-state index contributed by atoms with van der Waals surface area (Å²) in [7, 11) is 0. The Morgan fingerprint density at radius 1 is 1.41 bits per heavy atom. The van der Waals surface area contributed by atoms with Crippen molar-refractivity contribution >= 4 is 17.6 Å². The van der Waals surface area contributed by atoms with Crippen LogP contribution >= 0.6 is 0 Å². The van der Waals surface area contributed by atoms with Gasteiger partial charge in [-0.15, -0.1) is 0 Å². The summed E-state index contributed by atoms with van der Waals surface area (Å²) in [5.41, 5.74) is 1.14. The number of carbonyl (C=O) groups excluding carboxylic acids is 1. The molecule has 1 aliphatic rings. The maximum Gasteiger partial charge on any atom is 0.307 e. The van der Waals surface area contributed by atoms with Gasteiger partial charge in [-0.05, 0) is 31.0 Å². The number of hydrogen-bond donors (Lipinski definition) is 2. The van der Waals surface area contributed by atoms with Gasteiger partial charge in [0.25, 0.3) is 0 Å². The lowest BCUT2D eigenvalue weighted by molar-refractivity contribution is -0.139. The third-order valence-corrected chi connectivity index (χ3v) is 2.90. The molecule has 1 saturated carbocycles. The summed E-state index contributed by atoms with van der Waals surface area (Å²) in [6.07, 6.45) is 0.357. The molecule has 1 fully saturated rings. The molecule has 17 heavy (non-hydrogen) atoms. The fourth-order valence-corrected chi connectivity index (χ4v) is 1.71. The van der Waals surface area contributed by atoms with Crippen molar-refractivity contribution < 1.29 is 19.1 Å². The SMILES string of the molecule is Cc1ccc(F)cc1NC(=O)[C@@H]1C[C@@H]1C(=O)O. The Hall–Kier alpha value is -1.91. The molecule has 0 heterocycles. The molecule has 0 bridgehead atoms. The maximum absolute atomic E-state index is 13.0. The Labute approximate surface area is 97.4 Å². The fourth-order valence-electron chi connectivity index (χ4n) is 1.71. The number of carboxylic acids is 1. The summed E-state index contributed by atoms with van der Waals surface area (Å²) < 4.78 is 13.0. The highest BCUT2D eigenvalue weighted by Crippen LogP contribution is 2.39. The van der Waals surface area contributed by atoms with E-state index in [-0.39, 0.29) is 5.91 Å². The van der Waals surface area contributed by atoms with Crippen LogP contribution in [0.1, 0.15) is 12.0 Å². The van der Waals surface area contributed by atoms with Gasteiger partial charge in [0.2, 0.25) is 5.91 Å². The highest BCUT2D eigenvalue weighted by molar-refractivity contribution is 5.98. The zero-order valence-electron chi connectivity index (χ0n) is 9.24. The molecule has 0 spiro atoms. The van der Waals surface area contributed by atoms with Gasteiger partial charge in [0.15, 0.2) is 0 Å². The number of rotatable bonds is 3. The smallest absolute Gasteiger partial charge is 0.307 e. The predicted octanol–water partition coefficient (Wildman–Crippen LogP) is 1.79. The molecule has 90 valence electrons. The first-order valence-corrected chi connectivity index (χ1v) is 5.29. The first-order valence-electron chi connectivity index (χ1n) is 5.29. The second-order valence-electron chi connectivity index (χ2n) is 4.24. The van der Waals surface area contributed by atoms with E-state index in [2.05, 4.69) is 5.32 Å². The van der Waals surface area contributed by atoms with Crippen molar-refractivity contribution in [1.82, 2.24) is 0 Å². The van der Waals surface area contributed by atoms with E-state index in [4.69, 9.17) is 5.11 Å². The number of nitrogens with one attached hydrogen (secondary N) is 1. The molecule has 1 aliphatic carbocycles. The molecule has 0 aromatic heterocycles. The second kappa shape index (κ2) is 4.16. The summed E-state index contributed by atoms with van der Waals surface area (Å²) in [6.45, 7) is 1.75. The quantitative estimate of drug-likeness (QED) is 0.842. The summed E-state index contributed by atoms with van der Waals surface area (Å²) in [5, 5.41) is 11.3. The van der Waals surface area contributed by atoms with E-state index in [1.807, 2.05) is 0 Å². The van der Waals surface area contributed by atoms with E-state index in [0.29, 0.717) is 12.1 Å². The molecule has 1 amide bonds. The minimum absolute atomic E-state index is 0.355. The average Bonchev–Trinajstić information content (AvgIpc) is 3.03. The molecule has 0 radical (unpaired) electrons. The van der Waals surface area contributed by atoms with Crippen LogP contribution < -0.4 is 5.32 Å². The number of halogens is 1. The number of aliphatic carboxylic acids is 1. The Balaban J connectivity index is 2.04. The van der Waals surface area contributed by atoms with Crippen LogP contribution in [0.3, 0.4) is 0 Å². The molecule has 2 atom stereocenters. The molecule has 0 unspecified atom stereocenters. The van der Waals surface area contributed by atoms with Crippen LogP contribution in [-0.2, 0) is 9.59 Å². The van der Waals surface area contributed by atoms with Crippen LogP contribution in [-0.4, -0.2) is 17.0 Å². The van der Waals surface area contributed by atoms with Crippen molar-refractivity contribution in [2.24, 2.45) is 11.8 Å². The highest BCUT2D eigenvalue weighted by atomic mass is 19.1. The molecule has 4 nitrogen and oxygen atoms in total. The number of benzene rings is 1. The molecule has 1 aromatic rings. The fraction of sp³-hybridized carbons (Fsp3) is 0.333. The van der Waals surface area contributed by atoms with E-state index in [1.54, 1.807) is 13.0 Å². The number of carbonyl (C=O) groups is 2. The van der Waals surface area contributed by atoms with Crippen molar-refractivity contribution in [3.05, 3.63) is 29.6 Å². The highest BCUT2D eigenvalue weighted by Gasteiger charge is 2.48. The van der Waals surface area contributed by atoms with E-state index < -0.39 is 23.6 Å². The van der Waals surface area contributed by atoms with Crippen LogP contribution in [0.4, 0.5) is 10.1 Å². The molecule has 0 saturated heterocycles. The van der Waals surface area contributed by atoms with E-state index in [1.165, 1.54) is 12.1 Å². The van der Waals surface area contributed by atoms with E-state index >= 15 is 0 Å². The van der Waals surface area contributed by atoms with Gasteiger partial charge in [0, 0.05) is 5.69 Å². The Bertz CT molecular complexity index is 487. The van der Waals surface area contributed by atoms with Crippen LogP contribution in [0.25, 0.3) is 0 Å². The van der Waals surface area contributed by atoms with Gasteiger partial charge in [0.05, 0.1) is 11.8 Å². The summed E-state index contributed by atoms with van der Waals surface area (Å²) in [6, 6.07) is 4.10. The number of carboxylic acid groups (broad SMARTS) is 1. The van der Waals surface area contributed by atoms with Crippen molar-refractivity contribution in [3.63, 3.8) is 0 Å². The van der Waals surface area contributed by atoms with Crippen LogP contribution in [0.15, 0.2) is 18.2 Å². The number of aryl methyl sites for hydroxylation is 1. The van der Waals surface area contributed by atoms with E-state index in [0.717, 1.165) is 5.56 Å². The Kier molecular flexibility index (Phi) is 2.83. The minimum Gasteiger partial charge on any atom is -0.481 e. The number of hydrogen-bond acceptors (Lipinski definition) is 2. The lowest BCUT2D eigenvalue weighted by atomic mass is 10.2. The normalized spacial score (nSPS) is 22.0. The molecule has 2 N–H and O–H groups in total. The van der Waals surface area contributed by atoms with Gasteiger partial charge in [0.1, 0.15) is 5.82 Å². The van der Waals surface area contributed by atoms with Gasteiger partial charge in [-0.1, -0.05) is 6.07 Å². The summed E-state index contributed by atoms with van der Waals surface area (Å²) in [5.74, 6) is -2.83. The average molecular weight is 237 g/mol. The van der Waals surface area contributed by atoms with Gasteiger partial charge in [-0.2, -0.15) is 0 Å². The van der Waals surface area contributed by atoms with E-state index in [9.17, 15) is 14.0 Å². The van der Waals surface area contributed by atoms with Crippen molar-refractivity contribution in [3.8, 4) is 0 Å².